The molecule has 8 nitrogen and oxygen atoms in total. The van der Waals surface area contributed by atoms with Crippen molar-refractivity contribution >= 4 is 39.1 Å². The molecule has 0 radical (unpaired) electrons. The Hall–Kier alpha value is -2.78. The van der Waals surface area contributed by atoms with Crippen LogP contribution in [0.5, 0.6) is 5.75 Å². The van der Waals surface area contributed by atoms with Gasteiger partial charge in [-0.05, 0) is 55.7 Å². The van der Waals surface area contributed by atoms with E-state index in [2.05, 4.69) is 5.32 Å². The summed E-state index contributed by atoms with van der Waals surface area (Å²) in [4.78, 5) is 27.8. The maximum Gasteiger partial charge on any atom is 0.244 e. The number of aryl methyl sites for hydroxylation is 1. The number of amides is 2. The van der Waals surface area contributed by atoms with E-state index in [1.807, 2.05) is 6.07 Å². The lowest BCUT2D eigenvalue weighted by Crippen LogP contribution is -2.52. The van der Waals surface area contributed by atoms with Gasteiger partial charge in [0, 0.05) is 18.1 Å². The molecule has 0 aliphatic rings. The fourth-order valence-corrected chi connectivity index (χ4v) is 4.55. The predicted molar refractivity (Wildman–Crippen MR) is 135 cm³/mol. The minimum absolute atomic E-state index is 0.109. The van der Waals surface area contributed by atoms with E-state index in [1.54, 1.807) is 58.2 Å². The molecule has 0 bridgehead atoms. The van der Waals surface area contributed by atoms with Crippen molar-refractivity contribution in [3.63, 3.8) is 0 Å². The minimum atomic E-state index is -3.82. The molecule has 0 aliphatic heterocycles. The van der Waals surface area contributed by atoms with Gasteiger partial charge in [0.25, 0.3) is 0 Å². The summed E-state index contributed by atoms with van der Waals surface area (Å²) in [7, 11) is -2.27. The molecule has 0 spiro atoms. The van der Waals surface area contributed by atoms with Crippen LogP contribution in [0.2, 0.25) is 5.02 Å². The minimum Gasteiger partial charge on any atom is -0.497 e. The summed E-state index contributed by atoms with van der Waals surface area (Å²) in [5.41, 5.74) is 1.81. The van der Waals surface area contributed by atoms with Crippen molar-refractivity contribution in [1.82, 2.24) is 10.2 Å². The molecule has 0 saturated heterocycles. The Balaban J connectivity index is 2.46. The summed E-state index contributed by atoms with van der Waals surface area (Å²) in [5.74, 6) is -0.198. The van der Waals surface area contributed by atoms with Gasteiger partial charge in [-0.1, -0.05) is 36.7 Å². The summed E-state index contributed by atoms with van der Waals surface area (Å²) in [6.07, 6.45) is 1.39. The number of halogens is 1. The van der Waals surface area contributed by atoms with Gasteiger partial charge in [0.05, 0.1) is 19.1 Å². The number of likely N-dealkylation sites (N-methyl/N-ethyl adjacent to an activating group) is 1. The first-order valence-corrected chi connectivity index (χ1v) is 13.2. The third-order valence-electron chi connectivity index (χ3n) is 5.35. The number of carbonyl (C=O) groups excluding carboxylic acids is 2. The molecular weight excluding hydrogens is 478 g/mol. The Kier molecular flexibility index (Phi) is 9.76. The Morgan fingerprint density at radius 2 is 1.85 bits per heavy atom. The van der Waals surface area contributed by atoms with Crippen LogP contribution in [0.25, 0.3) is 0 Å². The second-order valence-electron chi connectivity index (χ2n) is 7.89. The van der Waals surface area contributed by atoms with Crippen LogP contribution in [0.3, 0.4) is 0 Å². The Labute approximate surface area is 206 Å². The molecule has 0 heterocycles. The van der Waals surface area contributed by atoms with Crippen molar-refractivity contribution in [3.05, 3.63) is 58.6 Å². The van der Waals surface area contributed by atoms with Crippen LogP contribution in [-0.4, -0.2) is 57.6 Å². The van der Waals surface area contributed by atoms with Crippen molar-refractivity contribution in [2.45, 2.75) is 39.8 Å². The monoisotopic (exact) mass is 509 g/mol. The number of hydrogen-bond donors (Lipinski definition) is 1. The van der Waals surface area contributed by atoms with Gasteiger partial charge in [-0.25, -0.2) is 8.42 Å². The second-order valence-corrected chi connectivity index (χ2v) is 10.2. The van der Waals surface area contributed by atoms with Gasteiger partial charge in [0.1, 0.15) is 18.3 Å². The van der Waals surface area contributed by atoms with E-state index in [-0.39, 0.29) is 18.1 Å². The first-order chi connectivity index (χ1) is 16.0. The molecule has 1 N–H and O–H groups in total. The Morgan fingerprint density at radius 1 is 1.15 bits per heavy atom. The highest BCUT2D eigenvalue weighted by molar-refractivity contribution is 7.92. The van der Waals surface area contributed by atoms with Crippen molar-refractivity contribution < 1.29 is 22.7 Å². The molecular formula is C24H32ClN3O5S. The van der Waals surface area contributed by atoms with Gasteiger partial charge in [0.2, 0.25) is 21.8 Å². The Bertz CT molecular complexity index is 1120. The van der Waals surface area contributed by atoms with Crippen LogP contribution in [0.4, 0.5) is 5.69 Å². The van der Waals surface area contributed by atoms with Gasteiger partial charge in [-0.2, -0.15) is 0 Å². The van der Waals surface area contributed by atoms with Crippen LogP contribution >= 0.6 is 11.6 Å². The number of sulfonamides is 1. The molecule has 2 amide bonds. The smallest absolute Gasteiger partial charge is 0.244 e. The van der Waals surface area contributed by atoms with Crippen LogP contribution < -0.4 is 14.4 Å². The van der Waals surface area contributed by atoms with Gasteiger partial charge in [-0.15, -0.1) is 0 Å². The number of carbonyl (C=O) groups is 2. The lowest BCUT2D eigenvalue weighted by Gasteiger charge is -2.33. The standard InChI is InChI=1S/C24H32ClN3O5S/c1-6-22(24(30)26-7-2)27(15-18-9-8-10-20(13-18)33-4)23(29)16-28(34(5,31)32)19-12-11-17(3)21(25)14-19/h8-14,22H,6-7,15-16H2,1-5H3,(H,26,30)/t22-/m0/s1. The highest BCUT2D eigenvalue weighted by Crippen LogP contribution is 2.25. The molecule has 0 unspecified atom stereocenters. The fraction of sp³-hybridized carbons (Fsp3) is 0.417. The number of hydrogen-bond acceptors (Lipinski definition) is 5. The third-order valence-corrected chi connectivity index (χ3v) is 6.89. The van der Waals surface area contributed by atoms with E-state index in [0.717, 1.165) is 21.7 Å². The number of nitrogens with one attached hydrogen (secondary N) is 1. The average molecular weight is 510 g/mol. The molecule has 34 heavy (non-hydrogen) atoms. The second kappa shape index (κ2) is 12.1. The van der Waals surface area contributed by atoms with Crippen molar-refractivity contribution in [3.8, 4) is 5.75 Å². The maximum absolute atomic E-state index is 13.6. The van der Waals surface area contributed by atoms with E-state index in [4.69, 9.17) is 16.3 Å². The summed E-state index contributed by atoms with van der Waals surface area (Å²) >= 11 is 6.21. The van der Waals surface area contributed by atoms with Gasteiger partial charge < -0.3 is 15.0 Å². The van der Waals surface area contributed by atoms with Crippen LogP contribution in [-0.2, 0) is 26.2 Å². The number of anilines is 1. The number of nitrogens with zero attached hydrogens (tertiary/aromatic N) is 2. The summed E-state index contributed by atoms with van der Waals surface area (Å²) in [5, 5.41) is 3.15. The molecule has 2 aromatic rings. The number of ether oxygens (including phenoxy) is 1. The molecule has 186 valence electrons. The van der Waals surface area contributed by atoms with Gasteiger partial charge in [-0.3, -0.25) is 13.9 Å². The molecule has 2 aromatic carbocycles. The number of rotatable bonds is 11. The summed E-state index contributed by atoms with van der Waals surface area (Å²) < 4.78 is 31.5. The SMILES string of the molecule is CCNC(=O)[C@H](CC)N(Cc1cccc(OC)c1)C(=O)CN(c1ccc(C)c(Cl)c1)S(C)(=O)=O. The zero-order valence-electron chi connectivity index (χ0n) is 20.2. The van der Waals surface area contributed by atoms with Crippen molar-refractivity contribution in [2.75, 3.05) is 30.8 Å². The molecule has 0 aliphatic carbocycles. The molecule has 1 atom stereocenters. The van der Waals surface area contributed by atoms with Crippen LogP contribution in [0.1, 0.15) is 31.4 Å². The van der Waals surface area contributed by atoms with E-state index in [1.165, 1.54) is 11.0 Å². The van der Waals surface area contributed by atoms with E-state index < -0.39 is 28.5 Å². The fourth-order valence-electron chi connectivity index (χ4n) is 3.53. The Morgan fingerprint density at radius 3 is 2.41 bits per heavy atom. The molecule has 0 saturated carbocycles. The quantitative estimate of drug-likeness (QED) is 0.501. The number of methoxy groups -OCH3 is 1. The maximum atomic E-state index is 13.6. The van der Waals surface area contributed by atoms with E-state index in [9.17, 15) is 18.0 Å². The van der Waals surface area contributed by atoms with Crippen molar-refractivity contribution in [2.24, 2.45) is 0 Å². The molecule has 2 rings (SSSR count). The molecule has 10 heteroatoms. The lowest BCUT2D eigenvalue weighted by molar-refractivity contribution is -0.140. The predicted octanol–water partition coefficient (Wildman–Crippen LogP) is 3.37. The number of benzene rings is 2. The van der Waals surface area contributed by atoms with Crippen LogP contribution in [0, 0.1) is 6.92 Å². The summed E-state index contributed by atoms with van der Waals surface area (Å²) in [6.45, 7) is 5.45. The molecule has 0 fully saturated rings. The lowest BCUT2D eigenvalue weighted by atomic mass is 10.1. The highest BCUT2D eigenvalue weighted by atomic mass is 35.5. The largest absolute Gasteiger partial charge is 0.497 e. The normalized spacial score (nSPS) is 12.1. The van der Waals surface area contributed by atoms with Gasteiger partial charge >= 0.3 is 0 Å². The molecule has 0 aromatic heterocycles. The first-order valence-electron chi connectivity index (χ1n) is 11.0. The van der Waals surface area contributed by atoms with Crippen molar-refractivity contribution in [1.29, 1.82) is 0 Å². The topological polar surface area (TPSA) is 96.0 Å². The zero-order valence-corrected chi connectivity index (χ0v) is 21.7. The van der Waals surface area contributed by atoms with Gasteiger partial charge in [0.15, 0.2) is 0 Å². The van der Waals surface area contributed by atoms with E-state index in [0.29, 0.717) is 23.7 Å². The highest BCUT2D eigenvalue weighted by Gasteiger charge is 2.31. The summed E-state index contributed by atoms with van der Waals surface area (Å²) in [6, 6.07) is 11.2. The first kappa shape index (κ1) is 27.5. The van der Waals surface area contributed by atoms with E-state index >= 15 is 0 Å². The van der Waals surface area contributed by atoms with Crippen LogP contribution in [0.15, 0.2) is 42.5 Å². The third kappa shape index (κ3) is 7.11. The zero-order chi connectivity index (χ0) is 25.5. The average Bonchev–Trinajstić information content (AvgIpc) is 2.78.